The van der Waals surface area contributed by atoms with Gasteiger partial charge < -0.3 is 15.6 Å². The van der Waals surface area contributed by atoms with Crippen molar-refractivity contribution in [2.45, 2.75) is 25.3 Å². The minimum atomic E-state index is -0.401. The summed E-state index contributed by atoms with van der Waals surface area (Å²) in [6, 6.07) is 3.47. The second-order valence-electron chi connectivity index (χ2n) is 4.04. The van der Waals surface area contributed by atoms with Crippen molar-refractivity contribution in [2.75, 3.05) is 13.1 Å². The fraction of sp³-hybridized carbons (Fsp3) is 0.545. The molecule has 4 nitrogen and oxygen atoms in total. The van der Waals surface area contributed by atoms with E-state index in [1.54, 1.807) is 0 Å². The summed E-state index contributed by atoms with van der Waals surface area (Å²) in [4.78, 5) is 16.8. The van der Waals surface area contributed by atoms with E-state index >= 15 is 0 Å². The molecule has 3 N–H and O–H groups in total. The molecule has 1 aliphatic heterocycles. The molecule has 0 bridgehead atoms. The summed E-state index contributed by atoms with van der Waals surface area (Å²) in [7, 11) is 0. The molecule has 82 valence electrons. The van der Waals surface area contributed by atoms with Crippen LogP contribution in [0.2, 0.25) is 0 Å². The SMILES string of the molecule is NC(Cc1ccc[nH]1)C(=O)N1CCCC1. The van der Waals surface area contributed by atoms with E-state index in [0.29, 0.717) is 6.42 Å². The van der Waals surface area contributed by atoms with Gasteiger partial charge in [0.15, 0.2) is 0 Å². The molecular formula is C11H17N3O. The Hall–Kier alpha value is -1.29. The highest BCUT2D eigenvalue weighted by atomic mass is 16.2. The number of likely N-dealkylation sites (tertiary alicyclic amines) is 1. The third kappa shape index (κ3) is 2.39. The predicted octanol–water partition coefficient (Wildman–Crippen LogP) is 0.507. The first kappa shape index (κ1) is 10.2. The summed E-state index contributed by atoms with van der Waals surface area (Å²) in [5.41, 5.74) is 6.90. The summed E-state index contributed by atoms with van der Waals surface area (Å²) < 4.78 is 0. The number of nitrogens with one attached hydrogen (secondary N) is 1. The molecule has 1 aromatic rings. The van der Waals surface area contributed by atoms with Crippen LogP contribution in [0.4, 0.5) is 0 Å². The lowest BCUT2D eigenvalue weighted by Gasteiger charge is -2.19. The van der Waals surface area contributed by atoms with E-state index in [2.05, 4.69) is 4.98 Å². The Balaban J connectivity index is 1.89. The molecule has 4 heteroatoms. The van der Waals surface area contributed by atoms with E-state index in [0.717, 1.165) is 31.6 Å². The van der Waals surface area contributed by atoms with Gasteiger partial charge >= 0.3 is 0 Å². The van der Waals surface area contributed by atoms with Gasteiger partial charge in [0.1, 0.15) is 0 Å². The number of hydrogen-bond acceptors (Lipinski definition) is 2. The lowest BCUT2D eigenvalue weighted by atomic mass is 10.1. The zero-order valence-electron chi connectivity index (χ0n) is 8.78. The number of nitrogens with two attached hydrogens (primary N) is 1. The minimum absolute atomic E-state index is 0.0853. The quantitative estimate of drug-likeness (QED) is 0.758. The Kier molecular flexibility index (Phi) is 3.06. The van der Waals surface area contributed by atoms with Gasteiger partial charge in [-0.1, -0.05) is 0 Å². The number of carbonyl (C=O) groups excluding carboxylic acids is 1. The van der Waals surface area contributed by atoms with Gasteiger partial charge in [-0.25, -0.2) is 0 Å². The van der Waals surface area contributed by atoms with Gasteiger partial charge in [0, 0.05) is 31.4 Å². The van der Waals surface area contributed by atoms with Gasteiger partial charge in [-0.15, -0.1) is 0 Å². The number of carbonyl (C=O) groups is 1. The van der Waals surface area contributed by atoms with Crippen LogP contribution in [0.25, 0.3) is 0 Å². The summed E-state index contributed by atoms with van der Waals surface area (Å²) in [6.07, 6.45) is 4.67. The molecule has 2 rings (SSSR count). The second kappa shape index (κ2) is 4.49. The van der Waals surface area contributed by atoms with Crippen LogP contribution in [0, 0.1) is 0 Å². The maximum atomic E-state index is 11.9. The Morgan fingerprint density at radius 1 is 1.53 bits per heavy atom. The van der Waals surface area contributed by atoms with E-state index in [1.165, 1.54) is 0 Å². The fourth-order valence-electron chi connectivity index (χ4n) is 1.99. The number of aromatic amines is 1. The number of rotatable bonds is 3. The normalized spacial score (nSPS) is 18.1. The fourth-order valence-corrected chi connectivity index (χ4v) is 1.99. The first-order valence-electron chi connectivity index (χ1n) is 5.44. The van der Waals surface area contributed by atoms with Crippen molar-refractivity contribution >= 4 is 5.91 Å². The summed E-state index contributed by atoms with van der Waals surface area (Å²) >= 11 is 0. The molecule has 1 aromatic heterocycles. The average molecular weight is 207 g/mol. The molecule has 1 fully saturated rings. The molecule has 0 spiro atoms. The first-order chi connectivity index (χ1) is 7.27. The van der Waals surface area contributed by atoms with Crippen LogP contribution in [-0.4, -0.2) is 34.9 Å². The Labute approximate surface area is 89.5 Å². The number of H-pyrrole nitrogens is 1. The average Bonchev–Trinajstić information content (AvgIpc) is 2.88. The predicted molar refractivity (Wildman–Crippen MR) is 58.3 cm³/mol. The van der Waals surface area contributed by atoms with E-state index in [4.69, 9.17) is 5.73 Å². The monoisotopic (exact) mass is 207 g/mol. The molecule has 15 heavy (non-hydrogen) atoms. The number of nitrogens with zero attached hydrogens (tertiary/aromatic N) is 1. The second-order valence-corrected chi connectivity index (χ2v) is 4.04. The highest BCUT2D eigenvalue weighted by molar-refractivity contribution is 5.82. The van der Waals surface area contributed by atoms with Gasteiger partial charge in [0.25, 0.3) is 0 Å². The van der Waals surface area contributed by atoms with Gasteiger partial charge in [-0.05, 0) is 25.0 Å². The highest BCUT2D eigenvalue weighted by Crippen LogP contribution is 2.10. The molecule has 2 heterocycles. The highest BCUT2D eigenvalue weighted by Gasteiger charge is 2.23. The molecule has 1 atom stereocenters. The van der Waals surface area contributed by atoms with E-state index in [9.17, 15) is 4.79 Å². The lowest BCUT2D eigenvalue weighted by Crippen LogP contribution is -2.43. The van der Waals surface area contributed by atoms with Crippen molar-refractivity contribution in [1.82, 2.24) is 9.88 Å². The van der Waals surface area contributed by atoms with Crippen molar-refractivity contribution in [3.8, 4) is 0 Å². The third-order valence-corrected chi connectivity index (χ3v) is 2.84. The maximum Gasteiger partial charge on any atom is 0.239 e. The van der Waals surface area contributed by atoms with Gasteiger partial charge in [0.05, 0.1) is 6.04 Å². The van der Waals surface area contributed by atoms with Crippen molar-refractivity contribution in [3.63, 3.8) is 0 Å². The Bertz CT molecular complexity index is 315. The van der Waals surface area contributed by atoms with Crippen LogP contribution in [0.3, 0.4) is 0 Å². The molecule has 0 radical (unpaired) electrons. The zero-order valence-corrected chi connectivity index (χ0v) is 8.78. The van der Waals surface area contributed by atoms with Crippen LogP contribution >= 0.6 is 0 Å². The molecule has 0 saturated carbocycles. The van der Waals surface area contributed by atoms with Crippen molar-refractivity contribution in [3.05, 3.63) is 24.0 Å². The molecule has 0 aromatic carbocycles. The maximum absolute atomic E-state index is 11.9. The van der Waals surface area contributed by atoms with Gasteiger partial charge in [0.2, 0.25) is 5.91 Å². The number of hydrogen-bond donors (Lipinski definition) is 2. The molecule has 1 saturated heterocycles. The van der Waals surface area contributed by atoms with Crippen LogP contribution in [0.5, 0.6) is 0 Å². The Morgan fingerprint density at radius 3 is 2.87 bits per heavy atom. The van der Waals surface area contributed by atoms with Crippen LogP contribution in [-0.2, 0) is 11.2 Å². The molecule has 1 amide bonds. The zero-order chi connectivity index (χ0) is 10.7. The van der Waals surface area contributed by atoms with E-state index < -0.39 is 6.04 Å². The molecule has 0 aliphatic carbocycles. The topological polar surface area (TPSA) is 62.1 Å². The summed E-state index contributed by atoms with van der Waals surface area (Å²) in [5, 5.41) is 0. The Morgan fingerprint density at radius 2 is 2.27 bits per heavy atom. The largest absolute Gasteiger partial charge is 0.365 e. The number of amides is 1. The minimum Gasteiger partial charge on any atom is -0.365 e. The van der Waals surface area contributed by atoms with Gasteiger partial charge in [-0.3, -0.25) is 4.79 Å². The molecular weight excluding hydrogens is 190 g/mol. The molecule has 1 unspecified atom stereocenters. The molecule has 1 aliphatic rings. The summed E-state index contributed by atoms with van der Waals surface area (Å²) in [5.74, 6) is 0.0853. The first-order valence-corrected chi connectivity index (χ1v) is 5.44. The van der Waals surface area contributed by atoms with Crippen molar-refractivity contribution in [2.24, 2.45) is 5.73 Å². The van der Waals surface area contributed by atoms with Crippen LogP contribution < -0.4 is 5.73 Å². The van der Waals surface area contributed by atoms with Gasteiger partial charge in [-0.2, -0.15) is 0 Å². The van der Waals surface area contributed by atoms with Crippen molar-refractivity contribution < 1.29 is 4.79 Å². The van der Waals surface area contributed by atoms with E-state index in [-0.39, 0.29) is 5.91 Å². The lowest BCUT2D eigenvalue weighted by molar-refractivity contribution is -0.131. The third-order valence-electron chi connectivity index (χ3n) is 2.84. The smallest absolute Gasteiger partial charge is 0.239 e. The standard InChI is InChI=1S/C11H17N3O/c12-10(8-9-4-3-5-13-9)11(15)14-6-1-2-7-14/h3-5,10,13H,1-2,6-8,12H2. The van der Waals surface area contributed by atoms with Crippen LogP contribution in [0.15, 0.2) is 18.3 Å². The number of aromatic nitrogens is 1. The van der Waals surface area contributed by atoms with Crippen LogP contribution in [0.1, 0.15) is 18.5 Å². The van der Waals surface area contributed by atoms with E-state index in [1.807, 2.05) is 23.2 Å². The summed E-state index contributed by atoms with van der Waals surface area (Å²) in [6.45, 7) is 1.74. The van der Waals surface area contributed by atoms with Crippen molar-refractivity contribution in [1.29, 1.82) is 0 Å².